The molecule has 1 aromatic carbocycles. The predicted molar refractivity (Wildman–Crippen MR) is 73.0 cm³/mol. The van der Waals surface area contributed by atoms with Crippen LogP contribution in [0.15, 0.2) is 36.7 Å². The minimum absolute atomic E-state index is 0.154. The standard InChI is InChI=1S/C13H9Cl2FN2O/c14-9-2-1-3-11(16)8(9)6-13(19)18-12-7-17-5-4-10(12)15/h1-5,7H,6H2,(H,18,19). The number of amides is 1. The van der Waals surface area contributed by atoms with E-state index in [2.05, 4.69) is 10.3 Å². The van der Waals surface area contributed by atoms with E-state index in [1.165, 1.54) is 30.6 Å². The van der Waals surface area contributed by atoms with Gasteiger partial charge in [-0.25, -0.2) is 4.39 Å². The molecule has 98 valence electrons. The van der Waals surface area contributed by atoms with Crippen molar-refractivity contribution in [1.82, 2.24) is 4.98 Å². The molecule has 0 aliphatic heterocycles. The molecule has 0 unspecified atom stereocenters. The van der Waals surface area contributed by atoms with Crippen LogP contribution in [0.4, 0.5) is 10.1 Å². The van der Waals surface area contributed by atoms with Gasteiger partial charge in [0.1, 0.15) is 5.82 Å². The van der Waals surface area contributed by atoms with E-state index in [9.17, 15) is 9.18 Å². The topological polar surface area (TPSA) is 42.0 Å². The zero-order valence-electron chi connectivity index (χ0n) is 9.66. The van der Waals surface area contributed by atoms with Gasteiger partial charge in [-0.15, -0.1) is 0 Å². The van der Waals surface area contributed by atoms with Gasteiger partial charge in [0, 0.05) is 16.8 Å². The van der Waals surface area contributed by atoms with Crippen molar-refractivity contribution in [3.05, 3.63) is 58.1 Å². The summed E-state index contributed by atoms with van der Waals surface area (Å²) in [5.74, 6) is -0.929. The van der Waals surface area contributed by atoms with E-state index in [-0.39, 0.29) is 17.0 Å². The lowest BCUT2D eigenvalue weighted by Gasteiger charge is -2.08. The monoisotopic (exact) mass is 298 g/mol. The molecule has 1 heterocycles. The van der Waals surface area contributed by atoms with Gasteiger partial charge >= 0.3 is 0 Å². The molecule has 6 heteroatoms. The molecule has 0 saturated carbocycles. The Hall–Kier alpha value is -1.65. The number of hydrogen-bond acceptors (Lipinski definition) is 2. The third-order valence-electron chi connectivity index (χ3n) is 2.44. The SMILES string of the molecule is O=C(Cc1c(F)cccc1Cl)Nc1cnccc1Cl. The number of pyridine rings is 1. The summed E-state index contributed by atoms with van der Waals surface area (Å²) < 4.78 is 13.5. The number of carbonyl (C=O) groups is 1. The Kier molecular flexibility index (Phi) is 4.35. The summed E-state index contributed by atoms with van der Waals surface area (Å²) >= 11 is 11.7. The van der Waals surface area contributed by atoms with Crippen molar-refractivity contribution in [2.45, 2.75) is 6.42 Å². The number of anilines is 1. The molecule has 3 nitrogen and oxygen atoms in total. The van der Waals surface area contributed by atoms with Crippen LogP contribution in [0.3, 0.4) is 0 Å². The van der Waals surface area contributed by atoms with Crippen LogP contribution in [-0.4, -0.2) is 10.9 Å². The molecule has 2 rings (SSSR count). The third kappa shape index (κ3) is 3.43. The van der Waals surface area contributed by atoms with Gasteiger partial charge in [-0.05, 0) is 18.2 Å². The van der Waals surface area contributed by atoms with E-state index in [4.69, 9.17) is 23.2 Å². The molecule has 0 aliphatic rings. The van der Waals surface area contributed by atoms with E-state index >= 15 is 0 Å². The molecule has 0 radical (unpaired) electrons. The quantitative estimate of drug-likeness (QED) is 0.938. The highest BCUT2D eigenvalue weighted by atomic mass is 35.5. The first-order chi connectivity index (χ1) is 9.08. The molecule has 2 aromatic rings. The lowest BCUT2D eigenvalue weighted by Crippen LogP contribution is -2.16. The van der Waals surface area contributed by atoms with Gasteiger partial charge in [-0.1, -0.05) is 29.3 Å². The van der Waals surface area contributed by atoms with Crippen LogP contribution >= 0.6 is 23.2 Å². The molecule has 0 saturated heterocycles. The zero-order chi connectivity index (χ0) is 13.8. The van der Waals surface area contributed by atoms with E-state index < -0.39 is 11.7 Å². The first-order valence-corrected chi connectivity index (χ1v) is 6.16. The molecule has 0 fully saturated rings. The first kappa shape index (κ1) is 13.8. The molecule has 0 spiro atoms. The fourth-order valence-corrected chi connectivity index (χ4v) is 1.91. The molecule has 1 amide bonds. The summed E-state index contributed by atoms with van der Waals surface area (Å²) in [5.41, 5.74) is 0.531. The second kappa shape index (κ2) is 5.99. The van der Waals surface area contributed by atoms with Gasteiger partial charge in [0.25, 0.3) is 0 Å². The van der Waals surface area contributed by atoms with Gasteiger partial charge in [-0.3, -0.25) is 9.78 Å². The number of benzene rings is 1. The summed E-state index contributed by atoms with van der Waals surface area (Å²) in [5, 5.41) is 3.13. The molecule has 0 aliphatic carbocycles. The molecular formula is C13H9Cl2FN2O. The number of rotatable bonds is 3. The van der Waals surface area contributed by atoms with E-state index in [1.807, 2.05) is 0 Å². The Morgan fingerprint density at radius 3 is 2.74 bits per heavy atom. The highest BCUT2D eigenvalue weighted by Gasteiger charge is 2.13. The fourth-order valence-electron chi connectivity index (χ4n) is 1.53. The summed E-state index contributed by atoms with van der Waals surface area (Å²) in [7, 11) is 0. The van der Waals surface area contributed by atoms with Crippen molar-refractivity contribution in [3.63, 3.8) is 0 Å². The third-order valence-corrected chi connectivity index (χ3v) is 3.12. The highest BCUT2D eigenvalue weighted by Crippen LogP contribution is 2.22. The molecule has 1 aromatic heterocycles. The maximum Gasteiger partial charge on any atom is 0.229 e. The molecular weight excluding hydrogens is 290 g/mol. The van der Waals surface area contributed by atoms with Crippen LogP contribution in [-0.2, 0) is 11.2 Å². The van der Waals surface area contributed by atoms with E-state index in [1.54, 1.807) is 6.07 Å². The molecule has 1 N–H and O–H groups in total. The summed E-state index contributed by atoms with van der Waals surface area (Å²) in [4.78, 5) is 15.7. The fraction of sp³-hybridized carbons (Fsp3) is 0.0769. The largest absolute Gasteiger partial charge is 0.323 e. The number of halogens is 3. The normalized spacial score (nSPS) is 10.3. The maximum atomic E-state index is 13.5. The smallest absolute Gasteiger partial charge is 0.229 e. The Bertz CT molecular complexity index is 599. The van der Waals surface area contributed by atoms with Crippen molar-refractivity contribution in [2.75, 3.05) is 5.32 Å². The number of aromatic nitrogens is 1. The zero-order valence-corrected chi connectivity index (χ0v) is 11.2. The molecule has 0 atom stereocenters. The number of nitrogens with one attached hydrogen (secondary N) is 1. The van der Waals surface area contributed by atoms with Crippen LogP contribution in [0, 0.1) is 5.82 Å². The maximum absolute atomic E-state index is 13.5. The van der Waals surface area contributed by atoms with Crippen molar-refractivity contribution in [3.8, 4) is 0 Å². The number of nitrogens with zero attached hydrogens (tertiary/aromatic N) is 1. The summed E-state index contributed by atoms with van der Waals surface area (Å²) in [6.07, 6.45) is 2.76. The van der Waals surface area contributed by atoms with Crippen molar-refractivity contribution in [2.24, 2.45) is 0 Å². The van der Waals surface area contributed by atoms with Crippen molar-refractivity contribution >= 4 is 34.8 Å². The summed E-state index contributed by atoms with van der Waals surface area (Å²) in [6.45, 7) is 0. The predicted octanol–water partition coefficient (Wildman–Crippen LogP) is 3.71. The van der Waals surface area contributed by atoms with E-state index in [0.717, 1.165) is 0 Å². The molecule has 0 bridgehead atoms. The minimum Gasteiger partial charge on any atom is -0.323 e. The highest BCUT2D eigenvalue weighted by molar-refractivity contribution is 6.33. The van der Waals surface area contributed by atoms with Crippen molar-refractivity contribution < 1.29 is 9.18 Å². The van der Waals surface area contributed by atoms with Crippen LogP contribution in [0.2, 0.25) is 10.0 Å². The second-order valence-electron chi connectivity index (χ2n) is 3.78. The van der Waals surface area contributed by atoms with Gasteiger partial charge in [0.15, 0.2) is 0 Å². The second-order valence-corrected chi connectivity index (χ2v) is 4.60. The van der Waals surface area contributed by atoms with Gasteiger partial charge in [-0.2, -0.15) is 0 Å². The summed E-state index contributed by atoms with van der Waals surface area (Å²) in [6, 6.07) is 5.82. The Labute approximate surface area is 119 Å². The average Bonchev–Trinajstić information content (AvgIpc) is 2.37. The van der Waals surface area contributed by atoms with Crippen LogP contribution in [0.25, 0.3) is 0 Å². The van der Waals surface area contributed by atoms with E-state index in [0.29, 0.717) is 10.7 Å². The van der Waals surface area contributed by atoms with Gasteiger partial charge < -0.3 is 5.32 Å². The Morgan fingerprint density at radius 2 is 2.05 bits per heavy atom. The average molecular weight is 299 g/mol. The van der Waals surface area contributed by atoms with Crippen LogP contribution < -0.4 is 5.32 Å². The number of hydrogen-bond donors (Lipinski definition) is 1. The first-order valence-electron chi connectivity index (χ1n) is 5.40. The lowest BCUT2D eigenvalue weighted by atomic mass is 10.1. The lowest BCUT2D eigenvalue weighted by molar-refractivity contribution is -0.115. The Balaban J connectivity index is 2.12. The van der Waals surface area contributed by atoms with Gasteiger partial charge in [0.05, 0.1) is 23.3 Å². The Morgan fingerprint density at radius 1 is 1.26 bits per heavy atom. The minimum atomic E-state index is -0.514. The van der Waals surface area contributed by atoms with Gasteiger partial charge in [0.2, 0.25) is 5.91 Å². The van der Waals surface area contributed by atoms with Crippen LogP contribution in [0.5, 0.6) is 0 Å². The van der Waals surface area contributed by atoms with Crippen LogP contribution in [0.1, 0.15) is 5.56 Å². The van der Waals surface area contributed by atoms with Crippen molar-refractivity contribution in [1.29, 1.82) is 0 Å². The molecule has 19 heavy (non-hydrogen) atoms. The number of carbonyl (C=O) groups excluding carboxylic acids is 1.